The zero-order valence-electron chi connectivity index (χ0n) is 6.14. The topological polar surface area (TPSA) is 27.6 Å². The molecular weight excluding hydrogens is 126 g/mol. The number of amidine groups is 1. The molecule has 1 fully saturated rings. The van der Waals surface area contributed by atoms with Gasteiger partial charge < -0.3 is 10.3 Å². The average molecular weight is 139 g/mol. The second-order valence-corrected chi connectivity index (χ2v) is 2.88. The Labute approximate surface area is 61.1 Å². The Morgan fingerprint density at radius 3 is 3.20 bits per heavy atom. The second kappa shape index (κ2) is 2.48. The molecule has 0 amide bonds. The smallest absolute Gasteiger partial charge is 0.124 e. The Hall–Kier alpha value is -0.730. The summed E-state index contributed by atoms with van der Waals surface area (Å²) in [5.41, 5.74) is 3.03. The van der Waals surface area contributed by atoms with Crippen LogP contribution in [-0.4, -0.2) is 30.4 Å². The first kappa shape index (κ1) is 6.01. The van der Waals surface area contributed by atoms with Gasteiger partial charge in [0.1, 0.15) is 5.84 Å². The van der Waals surface area contributed by atoms with Crippen LogP contribution in [0.3, 0.4) is 0 Å². The van der Waals surface area contributed by atoms with E-state index in [1.165, 1.54) is 31.6 Å². The molecule has 10 heavy (non-hydrogen) atoms. The van der Waals surface area contributed by atoms with Crippen molar-refractivity contribution < 1.29 is 0 Å². The van der Waals surface area contributed by atoms with E-state index in [0.29, 0.717) is 0 Å². The molecule has 2 heterocycles. The number of hydrogen-bond donors (Lipinski definition) is 1. The highest BCUT2D eigenvalue weighted by Gasteiger charge is 2.17. The number of nitrogens with one attached hydrogen (secondary N) is 1. The molecule has 0 unspecified atom stereocenters. The van der Waals surface area contributed by atoms with Crippen molar-refractivity contribution in [2.75, 3.05) is 19.6 Å². The van der Waals surface area contributed by atoms with E-state index < -0.39 is 0 Å². The third-order valence-corrected chi connectivity index (χ3v) is 2.15. The largest absolute Gasteiger partial charge is 0.357 e. The third-order valence-electron chi connectivity index (χ3n) is 2.15. The minimum absolute atomic E-state index is 1.02. The average Bonchev–Trinajstić information content (AvgIpc) is 2.05. The fourth-order valence-electron chi connectivity index (χ4n) is 1.57. The summed E-state index contributed by atoms with van der Waals surface area (Å²) in [4.78, 5) is 2.39. The Bertz CT molecular complexity index is 153. The molecule has 56 valence electrons. The zero-order chi connectivity index (χ0) is 6.81. The van der Waals surface area contributed by atoms with Crippen molar-refractivity contribution in [3.05, 3.63) is 0 Å². The van der Waals surface area contributed by atoms with Gasteiger partial charge in [0.15, 0.2) is 0 Å². The molecule has 3 nitrogen and oxygen atoms in total. The monoisotopic (exact) mass is 139 g/mol. The van der Waals surface area contributed by atoms with E-state index in [9.17, 15) is 0 Å². The quantitative estimate of drug-likeness (QED) is 0.525. The van der Waals surface area contributed by atoms with Crippen LogP contribution in [-0.2, 0) is 0 Å². The number of fused-ring (bicyclic) bond motifs is 1. The van der Waals surface area contributed by atoms with E-state index in [-0.39, 0.29) is 0 Å². The van der Waals surface area contributed by atoms with Gasteiger partial charge in [-0.15, -0.1) is 0 Å². The van der Waals surface area contributed by atoms with E-state index >= 15 is 0 Å². The lowest BCUT2D eigenvalue weighted by Gasteiger charge is -2.32. The van der Waals surface area contributed by atoms with Crippen molar-refractivity contribution in [3.8, 4) is 0 Å². The molecule has 2 rings (SSSR count). The molecular formula is C7H13N3. The van der Waals surface area contributed by atoms with Crippen LogP contribution in [0.25, 0.3) is 0 Å². The van der Waals surface area contributed by atoms with Gasteiger partial charge in [0, 0.05) is 19.5 Å². The molecule has 0 bridgehead atoms. The first-order valence-electron chi connectivity index (χ1n) is 4.01. The molecule has 0 aromatic rings. The van der Waals surface area contributed by atoms with Crippen molar-refractivity contribution in [1.82, 2.24) is 10.3 Å². The Morgan fingerprint density at radius 2 is 2.30 bits per heavy atom. The molecule has 3 heteroatoms. The van der Waals surface area contributed by atoms with Crippen LogP contribution in [0, 0.1) is 0 Å². The van der Waals surface area contributed by atoms with Gasteiger partial charge in [0.2, 0.25) is 0 Å². The van der Waals surface area contributed by atoms with Crippen molar-refractivity contribution in [3.63, 3.8) is 0 Å². The first-order chi connectivity index (χ1) is 4.97. The Kier molecular flexibility index (Phi) is 1.49. The summed E-state index contributed by atoms with van der Waals surface area (Å²) in [7, 11) is 0. The van der Waals surface area contributed by atoms with E-state index in [1.807, 2.05) is 0 Å². The summed E-state index contributed by atoms with van der Waals surface area (Å²) in [5, 5.41) is 4.24. The molecule has 2 aliphatic heterocycles. The molecule has 0 aliphatic carbocycles. The predicted molar refractivity (Wildman–Crippen MR) is 40.9 cm³/mol. The van der Waals surface area contributed by atoms with Crippen LogP contribution < -0.4 is 5.43 Å². The van der Waals surface area contributed by atoms with Gasteiger partial charge >= 0.3 is 0 Å². The summed E-state index contributed by atoms with van der Waals surface area (Å²) >= 11 is 0. The van der Waals surface area contributed by atoms with Gasteiger partial charge in [-0.2, -0.15) is 5.10 Å². The van der Waals surface area contributed by atoms with E-state index in [2.05, 4.69) is 15.4 Å². The lowest BCUT2D eigenvalue weighted by molar-refractivity contribution is 0.343. The molecule has 0 atom stereocenters. The highest BCUT2D eigenvalue weighted by atomic mass is 15.4. The number of hydrogen-bond acceptors (Lipinski definition) is 3. The lowest BCUT2D eigenvalue weighted by atomic mass is 10.1. The van der Waals surface area contributed by atoms with Crippen molar-refractivity contribution in [2.45, 2.75) is 19.3 Å². The van der Waals surface area contributed by atoms with E-state index in [0.717, 1.165) is 13.1 Å². The summed E-state index contributed by atoms with van der Waals surface area (Å²) in [6.07, 6.45) is 3.84. The van der Waals surface area contributed by atoms with Gasteiger partial charge in [-0.1, -0.05) is 0 Å². The maximum atomic E-state index is 4.24. The van der Waals surface area contributed by atoms with Crippen LogP contribution in [0.5, 0.6) is 0 Å². The van der Waals surface area contributed by atoms with Crippen LogP contribution in [0.4, 0.5) is 0 Å². The molecule has 1 saturated heterocycles. The van der Waals surface area contributed by atoms with Crippen LogP contribution in [0.1, 0.15) is 19.3 Å². The highest BCUT2D eigenvalue weighted by Crippen LogP contribution is 2.12. The van der Waals surface area contributed by atoms with Gasteiger partial charge in [0.25, 0.3) is 0 Å². The molecule has 0 spiro atoms. The fourth-order valence-corrected chi connectivity index (χ4v) is 1.57. The van der Waals surface area contributed by atoms with E-state index in [4.69, 9.17) is 0 Å². The minimum atomic E-state index is 1.02. The maximum absolute atomic E-state index is 4.24. The first-order valence-corrected chi connectivity index (χ1v) is 4.01. The van der Waals surface area contributed by atoms with Crippen LogP contribution in [0.2, 0.25) is 0 Å². The molecule has 0 radical (unpaired) electrons. The summed E-state index contributed by atoms with van der Waals surface area (Å²) < 4.78 is 0. The maximum Gasteiger partial charge on any atom is 0.124 e. The standard InChI is InChI=1S/C7H13N3/c1-2-5-10-6-4-8-9-7(10)3-1/h8H,1-6H2. The third kappa shape index (κ3) is 0.958. The Morgan fingerprint density at radius 1 is 1.30 bits per heavy atom. The summed E-state index contributed by atoms with van der Waals surface area (Å²) in [5.74, 6) is 1.28. The van der Waals surface area contributed by atoms with Gasteiger partial charge in [-0.05, 0) is 12.8 Å². The normalized spacial score (nSPS) is 24.8. The SMILES string of the molecule is C1CCN2CCNN=C2C1. The summed E-state index contributed by atoms with van der Waals surface area (Å²) in [6, 6.07) is 0. The van der Waals surface area contributed by atoms with Gasteiger partial charge in [-0.3, -0.25) is 0 Å². The number of nitrogens with zero attached hydrogens (tertiary/aromatic N) is 2. The van der Waals surface area contributed by atoms with Crippen molar-refractivity contribution in [1.29, 1.82) is 0 Å². The van der Waals surface area contributed by atoms with Crippen LogP contribution in [0.15, 0.2) is 5.10 Å². The fraction of sp³-hybridized carbons (Fsp3) is 0.857. The van der Waals surface area contributed by atoms with Gasteiger partial charge in [0.05, 0.1) is 6.54 Å². The molecule has 1 N–H and O–H groups in total. The number of hydrazone groups is 1. The highest BCUT2D eigenvalue weighted by molar-refractivity contribution is 5.83. The Balaban J connectivity index is 2.08. The van der Waals surface area contributed by atoms with Crippen molar-refractivity contribution in [2.24, 2.45) is 5.10 Å². The molecule has 0 saturated carbocycles. The van der Waals surface area contributed by atoms with E-state index in [1.54, 1.807) is 0 Å². The molecule has 2 aliphatic rings. The molecule has 0 aromatic carbocycles. The lowest BCUT2D eigenvalue weighted by Crippen LogP contribution is -2.44. The van der Waals surface area contributed by atoms with Gasteiger partial charge in [-0.25, -0.2) is 0 Å². The van der Waals surface area contributed by atoms with Crippen molar-refractivity contribution >= 4 is 5.84 Å². The second-order valence-electron chi connectivity index (χ2n) is 2.88. The number of piperidine rings is 1. The zero-order valence-corrected chi connectivity index (χ0v) is 6.14. The summed E-state index contributed by atoms with van der Waals surface area (Å²) in [6.45, 7) is 3.39. The number of rotatable bonds is 0. The minimum Gasteiger partial charge on any atom is -0.357 e. The molecule has 0 aromatic heterocycles. The van der Waals surface area contributed by atoms with Crippen LogP contribution >= 0.6 is 0 Å². The predicted octanol–water partition coefficient (Wildman–Crippen LogP) is 0.389.